The van der Waals surface area contributed by atoms with Crippen LogP contribution in [0, 0.1) is 12.3 Å². The highest BCUT2D eigenvalue weighted by atomic mass is 35.5. The van der Waals surface area contributed by atoms with E-state index in [1.807, 2.05) is 43.7 Å². The van der Waals surface area contributed by atoms with Crippen molar-refractivity contribution in [3.63, 3.8) is 0 Å². The second kappa shape index (κ2) is 10.4. The first-order chi connectivity index (χ1) is 11.1. The van der Waals surface area contributed by atoms with E-state index in [-0.39, 0.29) is 30.7 Å². The van der Waals surface area contributed by atoms with Gasteiger partial charge in [0.25, 0.3) is 0 Å². The Morgan fingerprint density at radius 2 is 1.92 bits per heavy atom. The number of rotatable bonds is 7. The fourth-order valence-electron chi connectivity index (χ4n) is 2.61. The van der Waals surface area contributed by atoms with Gasteiger partial charge in [0, 0.05) is 31.7 Å². The van der Waals surface area contributed by atoms with Crippen molar-refractivity contribution in [3.05, 3.63) is 42.1 Å². The molecule has 0 fully saturated rings. The molecule has 2 aromatic heterocycles. The molecule has 3 N–H and O–H groups in total. The van der Waals surface area contributed by atoms with Crippen LogP contribution in [0.3, 0.4) is 0 Å². The molecule has 0 saturated heterocycles. The van der Waals surface area contributed by atoms with Crippen LogP contribution in [0.2, 0.25) is 0 Å². The van der Waals surface area contributed by atoms with Crippen LogP contribution in [0.15, 0.2) is 30.7 Å². The van der Waals surface area contributed by atoms with Gasteiger partial charge in [-0.2, -0.15) is 0 Å². The van der Waals surface area contributed by atoms with Crippen molar-refractivity contribution in [1.29, 1.82) is 0 Å². The molecule has 2 aromatic rings. The first kappa shape index (κ1) is 23.4. The first-order valence-corrected chi connectivity index (χ1v) is 8.00. The van der Waals surface area contributed by atoms with E-state index >= 15 is 0 Å². The van der Waals surface area contributed by atoms with Gasteiger partial charge in [0.2, 0.25) is 5.91 Å². The normalized spacial score (nSPS) is 10.6. The van der Waals surface area contributed by atoms with Crippen LogP contribution in [-0.2, 0) is 11.3 Å². The lowest BCUT2D eigenvalue weighted by molar-refractivity contribution is -0.131. The number of nitrogens with zero attached hydrogens (tertiary/aromatic N) is 3. The number of amides is 1. The average molecular weight is 388 g/mol. The summed E-state index contributed by atoms with van der Waals surface area (Å²) < 4.78 is 1.91. The number of carbonyl (C=O) groups is 1. The maximum atomic E-state index is 12.4. The highest BCUT2D eigenvalue weighted by Crippen LogP contribution is 2.25. The standard InChI is InChI=1S/C17H25N5O.2ClH/c1-4-17(5-2,12-18)16(23)21-11-14-6-7-15(20-10-14)22-9-8-19-13(22)3;;/h6-10H,4-5,11-12,18H2,1-3H3,(H,21,23);2*1H. The summed E-state index contributed by atoms with van der Waals surface area (Å²) in [5.74, 6) is 1.71. The van der Waals surface area contributed by atoms with Crippen molar-refractivity contribution in [1.82, 2.24) is 19.9 Å². The quantitative estimate of drug-likeness (QED) is 0.764. The van der Waals surface area contributed by atoms with Crippen LogP contribution in [0.1, 0.15) is 38.1 Å². The number of halogens is 2. The summed E-state index contributed by atoms with van der Waals surface area (Å²) >= 11 is 0. The van der Waals surface area contributed by atoms with Gasteiger partial charge in [0.1, 0.15) is 11.6 Å². The van der Waals surface area contributed by atoms with E-state index < -0.39 is 5.41 Å². The van der Waals surface area contributed by atoms with Gasteiger partial charge in [-0.15, -0.1) is 24.8 Å². The van der Waals surface area contributed by atoms with Crippen molar-refractivity contribution >= 4 is 30.7 Å². The Hall–Kier alpha value is -1.63. The van der Waals surface area contributed by atoms with Crippen LogP contribution in [0.25, 0.3) is 5.82 Å². The zero-order chi connectivity index (χ0) is 16.9. The lowest BCUT2D eigenvalue weighted by Crippen LogP contribution is -2.45. The molecule has 0 spiro atoms. The number of nitrogens with two attached hydrogens (primary N) is 1. The van der Waals surface area contributed by atoms with Gasteiger partial charge in [-0.05, 0) is 31.4 Å². The predicted molar refractivity (Wildman–Crippen MR) is 105 cm³/mol. The number of aryl methyl sites for hydroxylation is 1. The molecule has 0 radical (unpaired) electrons. The Morgan fingerprint density at radius 3 is 2.36 bits per heavy atom. The minimum absolute atomic E-state index is 0. The fraction of sp³-hybridized carbons (Fsp3) is 0.471. The van der Waals surface area contributed by atoms with Gasteiger partial charge in [0.05, 0.1) is 5.41 Å². The summed E-state index contributed by atoms with van der Waals surface area (Å²) in [5, 5.41) is 2.98. The minimum atomic E-state index is -0.471. The zero-order valence-electron chi connectivity index (χ0n) is 14.9. The Balaban J connectivity index is 0.00000288. The van der Waals surface area contributed by atoms with Crippen molar-refractivity contribution in [2.24, 2.45) is 11.1 Å². The fourth-order valence-corrected chi connectivity index (χ4v) is 2.61. The number of carbonyl (C=O) groups excluding carboxylic acids is 1. The molecule has 0 aliphatic rings. The van der Waals surface area contributed by atoms with Crippen molar-refractivity contribution < 1.29 is 4.79 Å². The molecule has 25 heavy (non-hydrogen) atoms. The predicted octanol–water partition coefficient (Wildman–Crippen LogP) is 2.80. The molecule has 2 rings (SSSR count). The lowest BCUT2D eigenvalue weighted by atomic mass is 9.81. The van der Waals surface area contributed by atoms with E-state index in [4.69, 9.17) is 5.73 Å². The molecule has 8 heteroatoms. The number of nitrogens with one attached hydrogen (secondary N) is 1. The maximum absolute atomic E-state index is 12.4. The Morgan fingerprint density at radius 1 is 1.24 bits per heavy atom. The van der Waals surface area contributed by atoms with Crippen molar-refractivity contribution in [3.8, 4) is 5.82 Å². The molecule has 6 nitrogen and oxygen atoms in total. The molecule has 0 aromatic carbocycles. The Kier molecular flexibility index (Phi) is 9.70. The van der Waals surface area contributed by atoms with Crippen LogP contribution in [-0.4, -0.2) is 27.0 Å². The van der Waals surface area contributed by atoms with E-state index in [1.54, 1.807) is 12.4 Å². The second-order valence-electron chi connectivity index (χ2n) is 5.74. The number of hydrogen-bond acceptors (Lipinski definition) is 4. The third-order valence-corrected chi connectivity index (χ3v) is 4.56. The molecule has 2 heterocycles. The van der Waals surface area contributed by atoms with Gasteiger partial charge in [0.15, 0.2) is 0 Å². The second-order valence-corrected chi connectivity index (χ2v) is 5.74. The minimum Gasteiger partial charge on any atom is -0.351 e. The monoisotopic (exact) mass is 387 g/mol. The van der Waals surface area contributed by atoms with E-state index in [0.29, 0.717) is 13.1 Å². The highest BCUT2D eigenvalue weighted by molar-refractivity contribution is 5.85. The summed E-state index contributed by atoms with van der Waals surface area (Å²) in [6, 6.07) is 3.88. The maximum Gasteiger partial charge on any atom is 0.227 e. The molecule has 0 atom stereocenters. The third kappa shape index (κ3) is 5.17. The molecule has 1 amide bonds. The van der Waals surface area contributed by atoms with Gasteiger partial charge < -0.3 is 11.1 Å². The number of imidazole rings is 1. The van der Waals surface area contributed by atoms with E-state index in [9.17, 15) is 4.79 Å². The summed E-state index contributed by atoms with van der Waals surface area (Å²) in [4.78, 5) is 21.0. The summed E-state index contributed by atoms with van der Waals surface area (Å²) in [7, 11) is 0. The van der Waals surface area contributed by atoms with Gasteiger partial charge >= 0.3 is 0 Å². The summed E-state index contributed by atoms with van der Waals surface area (Å²) in [6.07, 6.45) is 6.87. The Labute approximate surface area is 161 Å². The molecule has 0 aliphatic carbocycles. The molecular formula is C17H27Cl2N5O. The smallest absolute Gasteiger partial charge is 0.227 e. The number of hydrogen-bond donors (Lipinski definition) is 2. The van der Waals surface area contributed by atoms with Crippen LogP contribution >= 0.6 is 24.8 Å². The van der Waals surface area contributed by atoms with E-state index in [1.165, 1.54) is 0 Å². The molecule has 0 unspecified atom stereocenters. The SMILES string of the molecule is CCC(CC)(CN)C(=O)NCc1ccc(-n2ccnc2C)nc1.Cl.Cl. The molecule has 0 saturated carbocycles. The topological polar surface area (TPSA) is 85.8 Å². The molecule has 140 valence electrons. The Bertz CT molecular complexity index is 645. The van der Waals surface area contributed by atoms with Crippen LogP contribution < -0.4 is 11.1 Å². The third-order valence-electron chi connectivity index (χ3n) is 4.56. The summed E-state index contributed by atoms with van der Waals surface area (Å²) in [6.45, 7) is 6.75. The highest BCUT2D eigenvalue weighted by Gasteiger charge is 2.32. The van der Waals surface area contributed by atoms with Gasteiger partial charge in [-0.1, -0.05) is 19.9 Å². The van der Waals surface area contributed by atoms with Crippen LogP contribution in [0.5, 0.6) is 0 Å². The molecule has 0 bridgehead atoms. The van der Waals surface area contributed by atoms with Gasteiger partial charge in [-0.3, -0.25) is 9.36 Å². The summed E-state index contributed by atoms with van der Waals surface area (Å²) in [5.41, 5.74) is 6.29. The van der Waals surface area contributed by atoms with Crippen molar-refractivity contribution in [2.75, 3.05) is 6.54 Å². The molecular weight excluding hydrogens is 361 g/mol. The van der Waals surface area contributed by atoms with Crippen LogP contribution in [0.4, 0.5) is 0 Å². The van der Waals surface area contributed by atoms with E-state index in [2.05, 4.69) is 15.3 Å². The number of aromatic nitrogens is 3. The largest absolute Gasteiger partial charge is 0.351 e. The average Bonchev–Trinajstić information content (AvgIpc) is 3.01. The lowest BCUT2D eigenvalue weighted by Gasteiger charge is -2.28. The van der Waals surface area contributed by atoms with E-state index in [0.717, 1.165) is 30.0 Å². The van der Waals surface area contributed by atoms with Gasteiger partial charge in [-0.25, -0.2) is 9.97 Å². The van der Waals surface area contributed by atoms with Crippen molar-refractivity contribution in [2.45, 2.75) is 40.2 Å². The first-order valence-electron chi connectivity index (χ1n) is 8.00. The number of pyridine rings is 1. The molecule has 0 aliphatic heterocycles. The zero-order valence-corrected chi connectivity index (χ0v) is 16.5.